The molecule has 0 bridgehead atoms. The molecule has 2 aromatic rings. The van der Waals surface area contributed by atoms with Crippen molar-refractivity contribution < 1.29 is 22.9 Å². The standard InChI is InChI=1S/C23H29ClN4O6S/c1-5-21(23(30)25-16(2)3)26(14-17-9-6-7-12-20(17)24)22(29)15-27(35(4,33)34)18-10-8-11-19(13-18)28(31)32/h6-13,16,21H,5,14-15H2,1-4H3,(H,25,30)/t21-/m1/s1. The third-order valence-electron chi connectivity index (χ3n) is 5.12. The molecule has 0 aromatic heterocycles. The van der Waals surface area contributed by atoms with Crippen molar-refractivity contribution in [2.45, 2.75) is 45.8 Å². The number of nitrogens with zero attached hydrogens (tertiary/aromatic N) is 3. The Balaban J connectivity index is 2.49. The molecule has 35 heavy (non-hydrogen) atoms. The van der Waals surface area contributed by atoms with E-state index in [-0.39, 0.29) is 36.3 Å². The number of nitrogens with one attached hydrogen (secondary N) is 1. The molecule has 0 saturated heterocycles. The Hall–Kier alpha value is -3.18. The van der Waals surface area contributed by atoms with E-state index in [0.29, 0.717) is 10.6 Å². The minimum absolute atomic E-state index is 0.0327. The molecule has 0 saturated carbocycles. The van der Waals surface area contributed by atoms with Crippen LogP contribution in [0.4, 0.5) is 11.4 Å². The zero-order chi connectivity index (χ0) is 26.3. The highest BCUT2D eigenvalue weighted by atomic mass is 35.5. The van der Waals surface area contributed by atoms with Gasteiger partial charge in [0.25, 0.3) is 5.69 Å². The summed E-state index contributed by atoms with van der Waals surface area (Å²) in [6.07, 6.45) is 1.17. The average Bonchev–Trinajstić information content (AvgIpc) is 2.77. The third kappa shape index (κ3) is 7.66. The summed E-state index contributed by atoms with van der Waals surface area (Å²) in [5, 5.41) is 14.4. The summed E-state index contributed by atoms with van der Waals surface area (Å²) < 4.78 is 26.0. The Morgan fingerprint density at radius 3 is 2.34 bits per heavy atom. The molecular formula is C23H29ClN4O6S. The van der Waals surface area contributed by atoms with E-state index in [1.54, 1.807) is 45.0 Å². The van der Waals surface area contributed by atoms with Crippen LogP contribution in [-0.4, -0.2) is 54.9 Å². The van der Waals surface area contributed by atoms with E-state index in [2.05, 4.69) is 5.32 Å². The number of hydrogen-bond donors (Lipinski definition) is 1. The van der Waals surface area contributed by atoms with Crippen molar-refractivity contribution in [3.8, 4) is 0 Å². The Morgan fingerprint density at radius 1 is 1.14 bits per heavy atom. The van der Waals surface area contributed by atoms with E-state index in [1.807, 2.05) is 0 Å². The van der Waals surface area contributed by atoms with Crippen LogP contribution in [0, 0.1) is 10.1 Å². The number of halogens is 1. The number of sulfonamides is 1. The van der Waals surface area contributed by atoms with Crippen LogP contribution in [-0.2, 0) is 26.2 Å². The lowest BCUT2D eigenvalue weighted by Gasteiger charge is -2.33. The molecule has 0 aliphatic heterocycles. The predicted octanol–water partition coefficient (Wildman–Crippen LogP) is 3.35. The van der Waals surface area contributed by atoms with Gasteiger partial charge in [-0.25, -0.2) is 8.42 Å². The van der Waals surface area contributed by atoms with E-state index in [9.17, 15) is 28.1 Å². The number of anilines is 1. The second-order valence-corrected chi connectivity index (χ2v) is 10.6. The first kappa shape index (κ1) is 28.1. The summed E-state index contributed by atoms with van der Waals surface area (Å²) in [4.78, 5) is 38.3. The topological polar surface area (TPSA) is 130 Å². The van der Waals surface area contributed by atoms with Gasteiger partial charge in [-0.1, -0.05) is 42.8 Å². The number of rotatable bonds is 11. The average molecular weight is 525 g/mol. The van der Waals surface area contributed by atoms with Gasteiger partial charge < -0.3 is 10.2 Å². The molecule has 0 spiro atoms. The second-order valence-electron chi connectivity index (χ2n) is 8.25. The maximum absolute atomic E-state index is 13.6. The molecule has 0 heterocycles. The second kappa shape index (κ2) is 12.0. The van der Waals surface area contributed by atoms with Crippen molar-refractivity contribution in [1.29, 1.82) is 0 Å². The van der Waals surface area contributed by atoms with Crippen LogP contribution in [0.15, 0.2) is 48.5 Å². The Labute approximate surface area is 210 Å². The number of nitro groups is 1. The van der Waals surface area contributed by atoms with Gasteiger partial charge in [0, 0.05) is 29.7 Å². The predicted molar refractivity (Wildman–Crippen MR) is 135 cm³/mol. The van der Waals surface area contributed by atoms with Crippen LogP contribution >= 0.6 is 11.6 Å². The molecule has 2 rings (SSSR count). The number of non-ortho nitro benzene ring substituents is 1. The van der Waals surface area contributed by atoms with Crippen LogP contribution in [0.25, 0.3) is 0 Å². The maximum Gasteiger partial charge on any atom is 0.271 e. The van der Waals surface area contributed by atoms with E-state index in [4.69, 9.17) is 11.6 Å². The normalized spacial score (nSPS) is 12.2. The zero-order valence-corrected chi connectivity index (χ0v) is 21.5. The van der Waals surface area contributed by atoms with Crippen LogP contribution in [0.1, 0.15) is 32.8 Å². The molecule has 0 aliphatic rings. The number of benzene rings is 2. The summed E-state index contributed by atoms with van der Waals surface area (Å²) in [6, 6.07) is 10.8. The van der Waals surface area contributed by atoms with Crippen molar-refractivity contribution in [2.75, 3.05) is 17.1 Å². The monoisotopic (exact) mass is 524 g/mol. The molecule has 2 amide bonds. The smallest absolute Gasteiger partial charge is 0.271 e. The van der Waals surface area contributed by atoms with Gasteiger partial charge in [-0.3, -0.25) is 24.0 Å². The van der Waals surface area contributed by atoms with Gasteiger partial charge in [-0.15, -0.1) is 0 Å². The summed E-state index contributed by atoms with van der Waals surface area (Å²) in [7, 11) is -4.01. The van der Waals surface area contributed by atoms with Crippen molar-refractivity contribution >= 4 is 44.8 Å². The number of nitro benzene ring substituents is 1. The minimum atomic E-state index is -4.01. The van der Waals surface area contributed by atoms with Crippen LogP contribution in [0.5, 0.6) is 0 Å². The molecule has 1 atom stereocenters. The van der Waals surface area contributed by atoms with Gasteiger partial charge in [0.05, 0.1) is 16.9 Å². The van der Waals surface area contributed by atoms with E-state index < -0.39 is 33.4 Å². The lowest BCUT2D eigenvalue weighted by Crippen LogP contribution is -2.53. The fraction of sp³-hybridized carbons (Fsp3) is 0.391. The molecular weight excluding hydrogens is 496 g/mol. The summed E-state index contributed by atoms with van der Waals surface area (Å²) in [6.45, 7) is 4.63. The summed E-state index contributed by atoms with van der Waals surface area (Å²) in [5.41, 5.74) is 0.228. The van der Waals surface area contributed by atoms with Crippen molar-refractivity contribution in [1.82, 2.24) is 10.2 Å². The highest BCUT2D eigenvalue weighted by Crippen LogP contribution is 2.25. The van der Waals surface area contributed by atoms with Crippen molar-refractivity contribution in [3.63, 3.8) is 0 Å². The van der Waals surface area contributed by atoms with Crippen LogP contribution in [0.3, 0.4) is 0 Å². The highest BCUT2D eigenvalue weighted by Gasteiger charge is 2.32. The van der Waals surface area contributed by atoms with Gasteiger partial charge in [0.15, 0.2) is 0 Å². The first-order chi connectivity index (χ1) is 16.3. The Morgan fingerprint density at radius 2 is 1.80 bits per heavy atom. The molecule has 12 heteroatoms. The number of carbonyl (C=O) groups excluding carboxylic acids is 2. The lowest BCUT2D eigenvalue weighted by atomic mass is 10.1. The van der Waals surface area contributed by atoms with Crippen molar-refractivity contribution in [2.24, 2.45) is 0 Å². The quantitative estimate of drug-likeness (QED) is 0.354. The molecule has 190 valence electrons. The highest BCUT2D eigenvalue weighted by molar-refractivity contribution is 7.92. The zero-order valence-electron chi connectivity index (χ0n) is 20.0. The van der Waals surface area contributed by atoms with E-state index in [1.165, 1.54) is 23.1 Å². The number of carbonyl (C=O) groups is 2. The molecule has 0 fully saturated rings. The third-order valence-corrected chi connectivity index (χ3v) is 6.63. The van der Waals surface area contributed by atoms with Gasteiger partial charge in [-0.2, -0.15) is 0 Å². The molecule has 1 N–H and O–H groups in total. The van der Waals surface area contributed by atoms with E-state index >= 15 is 0 Å². The van der Waals surface area contributed by atoms with Gasteiger partial charge in [0.2, 0.25) is 21.8 Å². The minimum Gasteiger partial charge on any atom is -0.352 e. The molecule has 0 aliphatic carbocycles. The molecule has 0 unspecified atom stereocenters. The SMILES string of the molecule is CC[C@H](C(=O)NC(C)C)N(Cc1ccccc1Cl)C(=O)CN(c1cccc([N+](=O)[O-])c1)S(C)(=O)=O. The van der Waals surface area contributed by atoms with E-state index in [0.717, 1.165) is 16.6 Å². The molecule has 10 nitrogen and oxygen atoms in total. The maximum atomic E-state index is 13.6. The summed E-state index contributed by atoms with van der Waals surface area (Å²) >= 11 is 6.30. The van der Waals surface area contributed by atoms with Gasteiger partial charge >= 0.3 is 0 Å². The van der Waals surface area contributed by atoms with Gasteiger partial charge in [-0.05, 0) is 38.0 Å². The first-order valence-electron chi connectivity index (χ1n) is 10.9. The lowest BCUT2D eigenvalue weighted by molar-refractivity contribution is -0.384. The van der Waals surface area contributed by atoms with Crippen molar-refractivity contribution in [3.05, 3.63) is 69.2 Å². The number of amides is 2. The molecule has 2 aromatic carbocycles. The van der Waals surface area contributed by atoms with Crippen LogP contribution < -0.4 is 9.62 Å². The first-order valence-corrected chi connectivity index (χ1v) is 13.1. The number of hydrogen-bond acceptors (Lipinski definition) is 6. The molecule has 0 radical (unpaired) electrons. The Bertz CT molecular complexity index is 1190. The fourth-order valence-electron chi connectivity index (χ4n) is 3.49. The Kier molecular flexibility index (Phi) is 9.61. The summed E-state index contributed by atoms with van der Waals surface area (Å²) in [5.74, 6) is -1.04. The van der Waals surface area contributed by atoms with Gasteiger partial charge in [0.1, 0.15) is 12.6 Å². The largest absolute Gasteiger partial charge is 0.352 e. The van der Waals surface area contributed by atoms with Crippen LogP contribution in [0.2, 0.25) is 5.02 Å². The fourth-order valence-corrected chi connectivity index (χ4v) is 4.52.